The minimum Gasteiger partial charge on any atom is -0.368 e. The van der Waals surface area contributed by atoms with Crippen LogP contribution >= 0.6 is 0 Å². The van der Waals surface area contributed by atoms with Gasteiger partial charge in [0.2, 0.25) is 5.91 Å². The Morgan fingerprint density at radius 3 is 2.43 bits per heavy atom. The quantitative estimate of drug-likeness (QED) is 0.508. The number of para-hydroxylation sites is 1. The molecule has 0 aliphatic carbocycles. The van der Waals surface area contributed by atoms with E-state index >= 15 is 0 Å². The Kier molecular flexibility index (Phi) is 7.73. The number of hydrogen-bond acceptors (Lipinski definition) is 5. The van der Waals surface area contributed by atoms with Gasteiger partial charge in [0.05, 0.1) is 0 Å². The van der Waals surface area contributed by atoms with Crippen LogP contribution in [-0.4, -0.2) is 56.1 Å². The maximum Gasteiger partial charge on any atom is 0.330 e. The molecule has 0 saturated carbocycles. The number of anilines is 1. The van der Waals surface area contributed by atoms with Crippen molar-refractivity contribution < 1.29 is 4.79 Å². The van der Waals surface area contributed by atoms with Crippen molar-refractivity contribution in [2.45, 2.75) is 59.5 Å². The van der Waals surface area contributed by atoms with E-state index in [1.807, 2.05) is 27.7 Å². The van der Waals surface area contributed by atoms with Gasteiger partial charge in [-0.05, 0) is 24.5 Å². The summed E-state index contributed by atoms with van der Waals surface area (Å²) in [5.74, 6) is 1.06. The number of hydrogen-bond donors (Lipinski definition) is 1. The summed E-state index contributed by atoms with van der Waals surface area (Å²) in [4.78, 5) is 49.7. The summed E-state index contributed by atoms with van der Waals surface area (Å²) < 4.78 is 3.46. The maximum atomic E-state index is 13.0. The Balaban J connectivity index is 1.51. The number of H-pyrrole nitrogens is 1. The molecule has 4 rings (SSSR count). The second kappa shape index (κ2) is 10.9. The van der Waals surface area contributed by atoms with Crippen molar-refractivity contribution >= 4 is 22.8 Å². The molecule has 0 radical (unpaired) electrons. The number of nitrogens with zero attached hydrogens (tertiary/aromatic N) is 5. The van der Waals surface area contributed by atoms with Gasteiger partial charge in [0.15, 0.2) is 11.2 Å². The molecule has 1 N–H and O–H groups in total. The molecular formula is C26H36N6O3. The molecule has 188 valence electrons. The minimum absolute atomic E-state index is 0.0955. The van der Waals surface area contributed by atoms with Gasteiger partial charge < -0.3 is 14.4 Å². The predicted octanol–water partition coefficient (Wildman–Crippen LogP) is 2.62. The summed E-state index contributed by atoms with van der Waals surface area (Å²) in [5, 5.41) is 0. The highest BCUT2D eigenvalue weighted by Crippen LogP contribution is 2.18. The molecule has 1 aromatic carbocycles. The van der Waals surface area contributed by atoms with Crippen LogP contribution in [0.4, 0.5) is 5.69 Å². The predicted molar refractivity (Wildman–Crippen MR) is 138 cm³/mol. The molecule has 35 heavy (non-hydrogen) atoms. The molecule has 1 saturated heterocycles. The van der Waals surface area contributed by atoms with Crippen molar-refractivity contribution in [3.05, 3.63) is 57.0 Å². The van der Waals surface area contributed by atoms with Crippen LogP contribution in [0.25, 0.3) is 11.2 Å². The molecule has 1 fully saturated rings. The second-order valence-corrected chi connectivity index (χ2v) is 9.67. The number of unbranched alkanes of at least 4 members (excludes halogenated alkanes) is 1. The van der Waals surface area contributed by atoms with Crippen molar-refractivity contribution in [3.63, 3.8) is 0 Å². The largest absolute Gasteiger partial charge is 0.368 e. The van der Waals surface area contributed by atoms with E-state index < -0.39 is 11.2 Å². The lowest BCUT2D eigenvalue weighted by molar-refractivity contribution is -0.131. The van der Waals surface area contributed by atoms with Gasteiger partial charge >= 0.3 is 5.69 Å². The van der Waals surface area contributed by atoms with E-state index in [1.165, 1.54) is 5.69 Å². The van der Waals surface area contributed by atoms with Crippen LogP contribution < -0.4 is 16.1 Å². The third-order valence-corrected chi connectivity index (χ3v) is 6.56. The van der Waals surface area contributed by atoms with Gasteiger partial charge in [0.25, 0.3) is 5.56 Å². The van der Waals surface area contributed by atoms with E-state index in [-0.39, 0.29) is 11.8 Å². The van der Waals surface area contributed by atoms with Crippen LogP contribution in [0, 0.1) is 5.92 Å². The molecular weight excluding hydrogens is 444 g/mol. The van der Waals surface area contributed by atoms with Crippen molar-refractivity contribution in [2.24, 2.45) is 5.92 Å². The Hall–Kier alpha value is -3.36. The number of aromatic nitrogens is 4. The van der Waals surface area contributed by atoms with Crippen LogP contribution in [-0.2, 0) is 24.3 Å². The average molecular weight is 481 g/mol. The molecule has 1 aliphatic heterocycles. The molecule has 9 heteroatoms. The Bertz CT molecular complexity index is 1270. The molecule has 0 unspecified atom stereocenters. The van der Waals surface area contributed by atoms with Gasteiger partial charge in [-0.25, -0.2) is 9.78 Å². The summed E-state index contributed by atoms with van der Waals surface area (Å²) in [6.07, 6.45) is 2.50. The summed E-state index contributed by atoms with van der Waals surface area (Å²) in [7, 11) is 0. The first kappa shape index (κ1) is 24.8. The van der Waals surface area contributed by atoms with Gasteiger partial charge in [-0.3, -0.25) is 19.1 Å². The van der Waals surface area contributed by atoms with E-state index in [2.05, 4.69) is 42.8 Å². The number of carbonyl (C=O) groups excluding carboxylic acids is 1. The fourth-order valence-corrected chi connectivity index (χ4v) is 4.72. The number of rotatable bonds is 9. The molecule has 0 spiro atoms. The SMILES string of the molecule is CCCCn1c(=O)[nH]c(=O)c2c1nc(CCC(=O)N1CCN(c3ccccc3)CC1)n2CC(C)C. The van der Waals surface area contributed by atoms with Crippen molar-refractivity contribution in [1.29, 1.82) is 0 Å². The van der Waals surface area contributed by atoms with Crippen molar-refractivity contribution in [3.8, 4) is 0 Å². The number of carbonyl (C=O) groups is 1. The van der Waals surface area contributed by atoms with E-state index in [1.54, 1.807) is 4.57 Å². The highest BCUT2D eigenvalue weighted by Gasteiger charge is 2.23. The second-order valence-electron chi connectivity index (χ2n) is 9.67. The van der Waals surface area contributed by atoms with Crippen molar-refractivity contribution in [2.75, 3.05) is 31.1 Å². The lowest BCUT2D eigenvalue weighted by Gasteiger charge is -2.36. The van der Waals surface area contributed by atoms with Crippen LogP contribution in [0.15, 0.2) is 39.9 Å². The molecule has 3 heterocycles. The number of piperazine rings is 1. The number of benzene rings is 1. The fraction of sp³-hybridized carbons (Fsp3) is 0.538. The third kappa shape index (κ3) is 5.49. The van der Waals surface area contributed by atoms with E-state index in [0.717, 1.165) is 25.9 Å². The molecule has 1 aliphatic rings. The van der Waals surface area contributed by atoms with Crippen molar-refractivity contribution in [1.82, 2.24) is 24.0 Å². The highest BCUT2D eigenvalue weighted by molar-refractivity contribution is 5.77. The van der Waals surface area contributed by atoms with E-state index in [9.17, 15) is 14.4 Å². The number of nitrogens with one attached hydrogen (secondary N) is 1. The zero-order valence-corrected chi connectivity index (χ0v) is 21.0. The van der Waals surface area contributed by atoms with Gasteiger partial charge in [-0.2, -0.15) is 0 Å². The smallest absolute Gasteiger partial charge is 0.330 e. The van der Waals surface area contributed by atoms with Gasteiger partial charge in [-0.1, -0.05) is 45.4 Å². The number of imidazole rings is 1. The average Bonchev–Trinajstić information content (AvgIpc) is 3.20. The Labute approximate surface area is 205 Å². The summed E-state index contributed by atoms with van der Waals surface area (Å²) >= 11 is 0. The van der Waals surface area contributed by atoms with Crippen LogP contribution in [0.3, 0.4) is 0 Å². The van der Waals surface area contributed by atoms with E-state index in [0.29, 0.717) is 56.0 Å². The number of aryl methyl sites for hydroxylation is 2. The lowest BCUT2D eigenvalue weighted by atomic mass is 10.2. The normalized spacial score (nSPS) is 14.3. The standard InChI is InChI=1S/C26H36N6O3/c1-4-5-13-31-24-23(25(34)28-26(31)35)32(18-19(2)3)21(27-24)11-12-22(33)30-16-14-29(15-17-30)20-9-7-6-8-10-20/h6-10,19H,4-5,11-18H2,1-3H3,(H,28,34,35). The fourth-order valence-electron chi connectivity index (χ4n) is 4.72. The minimum atomic E-state index is -0.427. The molecule has 0 atom stereocenters. The lowest BCUT2D eigenvalue weighted by Crippen LogP contribution is -2.48. The van der Waals surface area contributed by atoms with E-state index in [4.69, 9.17) is 4.98 Å². The Morgan fingerprint density at radius 1 is 1.06 bits per heavy atom. The highest BCUT2D eigenvalue weighted by atomic mass is 16.2. The summed E-state index contributed by atoms with van der Waals surface area (Å²) in [5.41, 5.74) is 1.19. The van der Waals surface area contributed by atoms with Gasteiger partial charge in [0.1, 0.15) is 5.82 Å². The molecule has 1 amide bonds. The van der Waals surface area contributed by atoms with Crippen LogP contribution in [0.5, 0.6) is 0 Å². The monoisotopic (exact) mass is 480 g/mol. The van der Waals surface area contributed by atoms with Crippen LogP contribution in [0.1, 0.15) is 45.9 Å². The molecule has 9 nitrogen and oxygen atoms in total. The van der Waals surface area contributed by atoms with Gasteiger partial charge in [0, 0.05) is 57.8 Å². The Morgan fingerprint density at radius 2 is 1.77 bits per heavy atom. The van der Waals surface area contributed by atoms with Crippen LogP contribution in [0.2, 0.25) is 0 Å². The summed E-state index contributed by atoms with van der Waals surface area (Å²) in [6.45, 7) is 10.3. The first-order valence-electron chi connectivity index (χ1n) is 12.7. The molecule has 2 aromatic heterocycles. The first-order chi connectivity index (χ1) is 16.9. The molecule has 0 bridgehead atoms. The number of amides is 1. The summed E-state index contributed by atoms with van der Waals surface area (Å²) in [6, 6.07) is 10.3. The first-order valence-corrected chi connectivity index (χ1v) is 12.7. The molecule has 3 aromatic rings. The number of fused-ring (bicyclic) bond motifs is 1. The topological polar surface area (TPSA) is 96.2 Å². The number of aromatic amines is 1. The van der Waals surface area contributed by atoms with Gasteiger partial charge in [-0.15, -0.1) is 0 Å². The third-order valence-electron chi connectivity index (χ3n) is 6.56. The zero-order valence-electron chi connectivity index (χ0n) is 21.0. The zero-order chi connectivity index (χ0) is 24.9. The maximum absolute atomic E-state index is 13.0.